The van der Waals surface area contributed by atoms with Gasteiger partial charge in [0.2, 0.25) is 0 Å². The van der Waals surface area contributed by atoms with Gasteiger partial charge in [-0.15, -0.1) is 0 Å². The number of hydrogen-bond acceptors (Lipinski definition) is 4. The van der Waals surface area contributed by atoms with E-state index in [-0.39, 0.29) is 29.0 Å². The van der Waals surface area contributed by atoms with Crippen molar-refractivity contribution >= 4 is 35.0 Å². The Hall–Kier alpha value is -2.19. The SMILES string of the molecule is N/C(=N\OC(=O)Cn1nc(C(F)F)cc1C1CC1)c1ccc(Cl)cc1Cl. The summed E-state index contributed by atoms with van der Waals surface area (Å²) in [5.74, 6) is -0.760. The maximum Gasteiger partial charge on any atom is 0.356 e. The molecule has 0 spiro atoms. The van der Waals surface area contributed by atoms with E-state index in [2.05, 4.69) is 10.3 Å². The fourth-order valence-corrected chi connectivity index (χ4v) is 2.90. The summed E-state index contributed by atoms with van der Waals surface area (Å²) in [6.45, 7) is -0.344. The number of nitrogens with zero attached hydrogens (tertiary/aromatic N) is 3. The average molecular weight is 403 g/mol. The summed E-state index contributed by atoms with van der Waals surface area (Å²) in [5, 5.41) is 7.98. The Bertz CT molecular complexity index is 866. The molecule has 1 aromatic carbocycles. The zero-order valence-corrected chi connectivity index (χ0v) is 14.8. The Labute approximate surface area is 157 Å². The minimum atomic E-state index is -2.70. The lowest BCUT2D eigenvalue weighted by atomic mass is 10.2. The first kappa shape index (κ1) is 18.6. The van der Waals surface area contributed by atoms with Crippen LogP contribution in [0.1, 0.15) is 42.1 Å². The van der Waals surface area contributed by atoms with Crippen molar-refractivity contribution in [3.05, 3.63) is 51.3 Å². The summed E-state index contributed by atoms with van der Waals surface area (Å²) in [7, 11) is 0. The van der Waals surface area contributed by atoms with E-state index >= 15 is 0 Å². The first-order chi connectivity index (χ1) is 12.3. The van der Waals surface area contributed by atoms with Gasteiger partial charge in [0.05, 0.1) is 5.02 Å². The maximum absolute atomic E-state index is 12.8. The topological polar surface area (TPSA) is 82.5 Å². The van der Waals surface area contributed by atoms with Crippen LogP contribution in [0, 0.1) is 0 Å². The zero-order chi connectivity index (χ0) is 18.8. The number of oxime groups is 1. The van der Waals surface area contributed by atoms with Gasteiger partial charge in [0.15, 0.2) is 5.84 Å². The van der Waals surface area contributed by atoms with Crippen molar-refractivity contribution in [1.29, 1.82) is 0 Å². The van der Waals surface area contributed by atoms with Crippen LogP contribution in [0.3, 0.4) is 0 Å². The molecule has 1 aromatic heterocycles. The van der Waals surface area contributed by atoms with Crippen LogP contribution in [0.25, 0.3) is 0 Å². The summed E-state index contributed by atoms with van der Waals surface area (Å²) < 4.78 is 26.9. The van der Waals surface area contributed by atoms with Crippen LogP contribution < -0.4 is 5.73 Å². The highest BCUT2D eigenvalue weighted by Crippen LogP contribution is 2.41. The number of carbonyl (C=O) groups excluding carboxylic acids is 1. The third-order valence-corrected chi connectivity index (χ3v) is 4.33. The number of halogens is 4. The number of rotatable bonds is 6. The molecule has 10 heteroatoms. The molecule has 1 aliphatic carbocycles. The van der Waals surface area contributed by atoms with Gasteiger partial charge in [-0.3, -0.25) is 4.68 Å². The third kappa shape index (κ3) is 4.31. The molecule has 0 atom stereocenters. The molecule has 3 rings (SSSR count). The van der Waals surface area contributed by atoms with Crippen molar-refractivity contribution in [2.45, 2.75) is 31.7 Å². The summed E-state index contributed by atoms with van der Waals surface area (Å²) in [5.41, 5.74) is 6.32. The van der Waals surface area contributed by atoms with Crippen molar-refractivity contribution in [1.82, 2.24) is 9.78 Å². The highest BCUT2D eigenvalue weighted by Gasteiger charge is 2.30. The quantitative estimate of drug-likeness (QED) is 0.344. The summed E-state index contributed by atoms with van der Waals surface area (Å²) >= 11 is 11.8. The standard InChI is InChI=1S/C16H14Cl2F2N4O2/c17-9-3-4-10(11(18)5-9)16(21)23-26-14(25)7-24-13(8-1-2-8)6-12(22-24)15(19)20/h3-6,8,15H,1-2,7H2,(H2,21,23). The second-order valence-corrected chi connectivity index (χ2v) is 6.63. The first-order valence-electron chi connectivity index (χ1n) is 7.69. The van der Waals surface area contributed by atoms with E-state index in [9.17, 15) is 13.6 Å². The molecule has 1 aliphatic rings. The number of alkyl halides is 2. The van der Waals surface area contributed by atoms with Crippen molar-refractivity contribution in [3.8, 4) is 0 Å². The lowest BCUT2D eigenvalue weighted by molar-refractivity contribution is -0.144. The molecule has 0 amide bonds. The number of benzene rings is 1. The van der Waals surface area contributed by atoms with Gasteiger partial charge in [-0.2, -0.15) is 5.10 Å². The monoisotopic (exact) mass is 402 g/mol. The van der Waals surface area contributed by atoms with E-state index in [1.807, 2.05) is 0 Å². The van der Waals surface area contributed by atoms with Gasteiger partial charge in [0.25, 0.3) is 6.43 Å². The predicted octanol–water partition coefficient (Wildman–Crippen LogP) is 3.87. The molecule has 2 aromatic rings. The van der Waals surface area contributed by atoms with Gasteiger partial charge in [-0.1, -0.05) is 28.4 Å². The van der Waals surface area contributed by atoms with Crippen LogP contribution >= 0.6 is 23.2 Å². The molecule has 0 unspecified atom stereocenters. The highest BCUT2D eigenvalue weighted by molar-refractivity contribution is 6.36. The molecule has 1 saturated carbocycles. The van der Waals surface area contributed by atoms with Crippen molar-refractivity contribution < 1.29 is 18.4 Å². The highest BCUT2D eigenvalue weighted by atomic mass is 35.5. The largest absolute Gasteiger partial charge is 0.380 e. The lowest BCUT2D eigenvalue weighted by Crippen LogP contribution is -2.19. The van der Waals surface area contributed by atoms with Crippen molar-refractivity contribution in [2.24, 2.45) is 10.9 Å². The Balaban J connectivity index is 1.69. The van der Waals surface area contributed by atoms with Gasteiger partial charge in [-0.05, 0) is 37.1 Å². The first-order valence-corrected chi connectivity index (χ1v) is 8.45. The van der Waals surface area contributed by atoms with E-state index in [4.69, 9.17) is 33.8 Å². The Morgan fingerprint density at radius 1 is 1.38 bits per heavy atom. The second kappa shape index (κ2) is 7.59. The van der Waals surface area contributed by atoms with Crippen LogP contribution in [-0.2, 0) is 16.2 Å². The summed E-state index contributed by atoms with van der Waals surface area (Å²) in [6, 6.07) is 5.89. The maximum atomic E-state index is 12.8. The third-order valence-electron chi connectivity index (χ3n) is 3.78. The number of hydrogen-bond donors (Lipinski definition) is 1. The van der Waals surface area contributed by atoms with Crippen molar-refractivity contribution in [2.75, 3.05) is 0 Å². The second-order valence-electron chi connectivity index (χ2n) is 5.79. The van der Waals surface area contributed by atoms with Crippen LogP contribution in [0.5, 0.6) is 0 Å². The lowest BCUT2D eigenvalue weighted by Gasteiger charge is -2.06. The Kier molecular flexibility index (Phi) is 5.43. The zero-order valence-electron chi connectivity index (χ0n) is 13.3. The Morgan fingerprint density at radius 2 is 2.12 bits per heavy atom. The smallest absolute Gasteiger partial charge is 0.356 e. The summed E-state index contributed by atoms with van der Waals surface area (Å²) in [4.78, 5) is 16.7. The molecule has 0 saturated heterocycles. The molecule has 6 nitrogen and oxygen atoms in total. The molecule has 2 N–H and O–H groups in total. The van der Waals surface area contributed by atoms with Gasteiger partial charge >= 0.3 is 5.97 Å². The van der Waals surface area contributed by atoms with E-state index in [0.717, 1.165) is 12.8 Å². The average Bonchev–Trinajstić information content (AvgIpc) is 3.33. The molecule has 138 valence electrons. The normalized spacial score (nSPS) is 14.7. The molecule has 1 fully saturated rings. The molecule has 0 bridgehead atoms. The van der Waals surface area contributed by atoms with Crippen LogP contribution in [0.2, 0.25) is 10.0 Å². The minimum Gasteiger partial charge on any atom is -0.380 e. The molecular weight excluding hydrogens is 389 g/mol. The van der Waals surface area contributed by atoms with E-state index < -0.39 is 12.4 Å². The van der Waals surface area contributed by atoms with E-state index in [1.165, 1.54) is 22.9 Å². The van der Waals surface area contributed by atoms with Gasteiger partial charge in [-0.25, -0.2) is 13.6 Å². The van der Waals surface area contributed by atoms with Crippen LogP contribution in [-0.4, -0.2) is 21.6 Å². The number of carbonyl (C=O) groups is 1. The van der Waals surface area contributed by atoms with Crippen LogP contribution in [0.15, 0.2) is 29.4 Å². The molecule has 1 heterocycles. The fraction of sp³-hybridized carbons (Fsp3) is 0.312. The molecular formula is C16H14Cl2F2N4O2. The number of nitrogens with two attached hydrogens (primary N) is 1. The predicted molar refractivity (Wildman–Crippen MR) is 92.4 cm³/mol. The number of aromatic nitrogens is 2. The summed E-state index contributed by atoms with van der Waals surface area (Å²) in [6.07, 6.45) is -0.946. The minimum absolute atomic E-state index is 0.115. The van der Waals surface area contributed by atoms with Crippen molar-refractivity contribution in [3.63, 3.8) is 0 Å². The van der Waals surface area contributed by atoms with Gasteiger partial charge in [0, 0.05) is 22.2 Å². The molecule has 26 heavy (non-hydrogen) atoms. The molecule has 0 aliphatic heterocycles. The van der Waals surface area contributed by atoms with E-state index in [1.54, 1.807) is 6.07 Å². The molecule has 0 radical (unpaired) electrons. The van der Waals surface area contributed by atoms with Gasteiger partial charge < -0.3 is 10.6 Å². The fourth-order valence-electron chi connectivity index (χ4n) is 2.39. The van der Waals surface area contributed by atoms with Crippen LogP contribution in [0.4, 0.5) is 8.78 Å². The van der Waals surface area contributed by atoms with Gasteiger partial charge in [0.1, 0.15) is 12.2 Å². The Morgan fingerprint density at radius 3 is 2.73 bits per heavy atom. The van der Waals surface area contributed by atoms with E-state index in [0.29, 0.717) is 16.3 Å². The number of amidine groups is 1.